The Hall–Kier alpha value is -0.870. The second-order valence-electron chi connectivity index (χ2n) is 4.44. The average molecular weight is 225 g/mol. The van der Waals surface area contributed by atoms with Crippen LogP contribution in [0.5, 0.6) is 0 Å². The Bertz CT molecular complexity index is 298. The molecule has 2 unspecified atom stereocenters. The van der Waals surface area contributed by atoms with E-state index in [2.05, 4.69) is 21.8 Å². The largest absolute Gasteiger partial charge is 0.384 e. The van der Waals surface area contributed by atoms with Gasteiger partial charge in [0, 0.05) is 45.6 Å². The van der Waals surface area contributed by atoms with Crippen molar-refractivity contribution in [3.63, 3.8) is 0 Å². The first-order chi connectivity index (χ1) is 7.67. The molecule has 0 aromatic carbocycles. The minimum atomic E-state index is 0.464. The number of imidazole rings is 1. The molecule has 1 aromatic heterocycles. The van der Waals surface area contributed by atoms with Gasteiger partial charge in [-0.25, -0.2) is 4.98 Å². The molecular weight excluding hydrogens is 202 g/mol. The van der Waals surface area contributed by atoms with E-state index in [9.17, 15) is 0 Å². The smallest absolute Gasteiger partial charge is 0.109 e. The number of likely N-dealkylation sites (N-methyl/N-ethyl adjacent to an activating group) is 1. The molecule has 0 amide bonds. The summed E-state index contributed by atoms with van der Waals surface area (Å²) >= 11 is 0. The van der Waals surface area contributed by atoms with Crippen molar-refractivity contribution in [2.75, 3.05) is 20.8 Å². The van der Waals surface area contributed by atoms with Gasteiger partial charge in [-0.05, 0) is 19.4 Å². The summed E-state index contributed by atoms with van der Waals surface area (Å²) in [5.41, 5.74) is 0. The van der Waals surface area contributed by atoms with Gasteiger partial charge in [0.05, 0.1) is 0 Å². The van der Waals surface area contributed by atoms with Crippen LogP contribution in [0.1, 0.15) is 19.2 Å². The molecule has 0 radical (unpaired) electrons. The van der Waals surface area contributed by atoms with E-state index in [0.717, 1.165) is 25.3 Å². The van der Waals surface area contributed by atoms with Gasteiger partial charge in [0.1, 0.15) is 5.82 Å². The van der Waals surface area contributed by atoms with E-state index in [-0.39, 0.29) is 0 Å². The van der Waals surface area contributed by atoms with Gasteiger partial charge in [0.25, 0.3) is 0 Å². The first-order valence-corrected chi connectivity index (χ1v) is 5.79. The minimum absolute atomic E-state index is 0.464. The number of nitrogens with zero attached hydrogens (tertiary/aromatic N) is 2. The maximum Gasteiger partial charge on any atom is 0.109 e. The summed E-state index contributed by atoms with van der Waals surface area (Å²) in [5, 5.41) is 3.35. The predicted octanol–water partition coefficient (Wildman–Crippen LogP) is 1.22. The molecule has 0 bridgehead atoms. The molecule has 2 atom stereocenters. The van der Waals surface area contributed by atoms with Crippen molar-refractivity contribution in [3.8, 4) is 0 Å². The summed E-state index contributed by atoms with van der Waals surface area (Å²) in [5.74, 6) is 1.70. The van der Waals surface area contributed by atoms with Crippen LogP contribution in [0.2, 0.25) is 0 Å². The molecule has 4 heteroatoms. The third-order valence-corrected chi connectivity index (χ3v) is 2.90. The topological polar surface area (TPSA) is 39.1 Å². The lowest BCUT2D eigenvalue weighted by Crippen LogP contribution is -2.31. The highest BCUT2D eigenvalue weighted by molar-refractivity contribution is 4.94. The summed E-state index contributed by atoms with van der Waals surface area (Å²) in [7, 11) is 5.80. The Morgan fingerprint density at radius 3 is 2.81 bits per heavy atom. The lowest BCUT2D eigenvalue weighted by Gasteiger charge is -2.19. The zero-order valence-electron chi connectivity index (χ0n) is 10.7. The Balaban J connectivity index is 2.46. The fourth-order valence-corrected chi connectivity index (χ4v) is 1.96. The van der Waals surface area contributed by atoms with Crippen molar-refractivity contribution in [2.45, 2.75) is 25.8 Å². The van der Waals surface area contributed by atoms with Crippen molar-refractivity contribution in [2.24, 2.45) is 13.0 Å². The molecule has 0 saturated heterocycles. The van der Waals surface area contributed by atoms with Gasteiger partial charge >= 0.3 is 0 Å². The van der Waals surface area contributed by atoms with Gasteiger partial charge in [-0.2, -0.15) is 0 Å². The molecule has 1 heterocycles. The fraction of sp³-hybridized carbons (Fsp3) is 0.750. The molecule has 0 spiro atoms. The third-order valence-electron chi connectivity index (χ3n) is 2.90. The van der Waals surface area contributed by atoms with Crippen LogP contribution in [0.15, 0.2) is 12.4 Å². The van der Waals surface area contributed by atoms with Crippen LogP contribution in [0.4, 0.5) is 0 Å². The second-order valence-corrected chi connectivity index (χ2v) is 4.44. The normalized spacial score (nSPS) is 15.0. The first kappa shape index (κ1) is 13.2. The summed E-state index contributed by atoms with van der Waals surface area (Å²) in [6, 6.07) is 0.464. The van der Waals surface area contributed by atoms with Crippen LogP contribution in [0.25, 0.3) is 0 Å². The average Bonchev–Trinajstić information content (AvgIpc) is 2.64. The van der Waals surface area contributed by atoms with E-state index < -0.39 is 0 Å². The SMILES string of the molecule is CNC(Cc1nccn1C)CC(C)COC. The molecule has 1 aromatic rings. The van der Waals surface area contributed by atoms with Crippen molar-refractivity contribution >= 4 is 0 Å². The monoisotopic (exact) mass is 225 g/mol. The zero-order valence-corrected chi connectivity index (χ0v) is 10.7. The van der Waals surface area contributed by atoms with E-state index in [0.29, 0.717) is 12.0 Å². The molecule has 1 N–H and O–H groups in total. The van der Waals surface area contributed by atoms with E-state index in [1.54, 1.807) is 7.11 Å². The van der Waals surface area contributed by atoms with Gasteiger partial charge in [-0.1, -0.05) is 6.92 Å². The number of aryl methyl sites for hydroxylation is 1. The zero-order chi connectivity index (χ0) is 12.0. The van der Waals surface area contributed by atoms with E-state index in [1.807, 2.05) is 26.5 Å². The molecule has 1 rings (SSSR count). The Kier molecular flexibility index (Phi) is 5.49. The molecule has 92 valence electrons. The van der Waals surface area contributed by atoms with Crippen molar-refractivity contribution in [3.05, 3.63) is 18.2 Å². The predicted molar refractivity (Wildman–Crippen MR) is 65.4 cm³/mol. The van der Waals surface area contributed by atoms with Crippen molar-refractivity contribution < 1.29 is 4.74 Å². The second kappa shape index (κ2) is 6.66. The molecule has 0 fully saturated rings. The number of ether oxygens (including phenoxy) is 1. The van der Waals surface area contributed by atoms with Crippen LogP contribution in [0, 0.1) is 5.92 Å². The number of aromatic nitrogens is 2. The molecule has 0 aliphatic rings. The fourth-order valence-electron chi connectivity index (χ4n) is 1.96. The molecular formula is C12H23N3O. The van der Waals surface area contributed by atoms with Crippen molar-refractivity contribution in [1.82, 2.24) is 14.9 Å². The van der Waals surface area contributed by atoms with E-state index >= 15 is 0 Å². The number of rotatable bonds is 7. The van der Waals surface area contributed by atoms with Crippen LogP contribution >= 0.6 is 0 Å². The van der Waals surface area contributed by atoms with Gasteiger partial charge in [0.2, 0.25) is 0 Å². The molecule has 4 nitrogen and oxygen atoms in total. The van der Waals surface area contributed by atoms with Crippen LogP contribution in [-0.4, -0.2) is 36.4 Å². The summed E-state index contributed by atoms with van der Waals surface area (Å²) in [6.07, 6.45) is 5.91. The van der Waals surface area contributed by atoms with Crippen molar-refractivity contribution in [1.29, 1.82) is 0 Å². The summed E-state index contributed by atoms with van der Waals surface area (Å²) < 4.78 is 7.23. The highest BCUT2D eigenvalue weighted by Crippen LogP contribution is 2.10. The Labute approximate surface area is 98.0 Å². The maximum atomic E-state index is 5.16. The number of hydrogen-bond donors (Lipinski definition) is 1. The Morgan fingerprint density at radius 1 is 1.56 bits per heavy atom. The van der Waals surface area contributed by atoms with Gasteiger partial charge in [-0.15, -0.1) is 0 Å². The lowest BCUT2D eigenvalue weighted by atomic mass is 10.00. The Morgan fingerprint density at radius 2 is 2.31 bits per heavy atom. The molecule has 16 heavy (non-hydrogen) atoms. The lowest BCUT2D eigenvalue weighted by molar-refractivity contribution is 0.149. The van der Waals surface area contributed by atoms with Crippen LogP contribution in [0.3, 0.4) is 0 Å². The van der Waals surface area contributed by atoms with Gasteiger partial charge in [0.15, 0.2) is 0 Å². The first-order valence-electron chi connectivity index (χ1n) is 5.79. The van der Waals surface area contributed by atoms with Crippen LogP contribution < -0.4 is 5.32 Å². The number of nitrogens with one attached hydrogen (secondary N) is 1. The third kappa shape index (κ3) is 3.94. The molecule has 0 saturated carbocycles. The summed E-state index contributed by atoms with van der Waals surface area (Å²) in [6.45, 7) is 3.03. The van der Waals surface area contributed by atoms with E-state index in [1.165, 1.54) is 0 Å². The highest BCUT2D eigenvalue weighted by Gasteiger charge is 2.14. The number of hydrogen-bond acceptors (Lipinski definition) is 3. The van der Waals surface area contributed by atoms with E-state index in [4.69, 9.17) is 4.74 Å². The quantitative estimate of drug-likeness (QED) is 0.758. The maximum absolute atomic E-state index is 5.16. The standard InChI is InChI=1S/C12H23N3O/c1-10(9-16-4)7-11(13-2)8-12-14-5-6-15(12)3/h5-6,10-11,13H,7-9H2,1-4H3. The van der Waals surface area contributed by atoms with Crippen LogP contribution in [-0.2, 0) is 18.2 Å². The van der Waals surface area contributed by atoms with Gasteiger partial charge < -0.3 is 14.6 Å². The summed E-state index contributed by atoms with van der Waals surface area (Å²) in [4.78, 5) is 4.35. The number of methoxy groups -OCH3 is 1. The molecule has 0 aliphatic heterocycles. The molecule has 0 aliphatic carbocycles. The minimum Gasteiger partial charge on any atom is -0.384 e. The van der Waals surface area contributed by atoms with Gasteiger partial charge in [-0.3, -0.25) is 0 Å². The highest BCUT2D eigenvalue weighted by atomic mass is 16.5.